The molecule has 0 aliphatic heterocycles. The van der Waals surface area contributed by atoms with Crippen LogP contribution in [0, 0.1) is 0 Å². The molecule has 5 nitrogen and oxygen atoms in total. The van der Waals surface area contributed by atoms with E-state index in [2.05, 4.69) is 15.8 Å². The van der Waals surface area contributed by atoms with Gasteiger partial charge in [0.05, 0.1) is 12.8 Å². The molecule has 0 aliphatic rings. The minimum absolute atomic E-state index is 0.492. The molecule has 2 N–H and O–H groups in total. The third-order valence-electron chi connectivity index (χ3n) is 3.22. The summed E-state index contributed by atoms with van der Waals surface area (Å²) >= 11 is 5.06. The molecule has 0 radical (unpaired) electrons. The lowest BCUT2D eigenvalue weighted by Crippen LogP contribution is -2.31. The van der Waals surface area contributed by atoms with Crippen LogP contribution < -0.4 is 20.2 Å². The Kier molecular flexibility index (Phi) is 7.72. The lowest BCUT2D eigenvalue weighted by Gasteiger charge is -2.12. The van der Waals surface area contributed by atoms with Crippen molar-refractivity contribution in [2.75, 3.05) is 13.2 Å². The Labute approximate surface area is 154 Å². The first kappa shape index (κ1) is 18.7. The molecular weight excluding hydrogens is 334 g/mol. The number of hydrogen-bond donors (Lipinski definition) is 2. The fourth-order valence-corrected chi connectivity index (χ4v) is 2.29. The van der Waals surface area contributed by atoms with Crippen LogP contribution in [-0.4, -0.2) is 24.5 Å². The molecule has 0 bridgehead atoms. The summed E-state index contributed by atoms with van der Waals surface area (Å²) in [6.45, 7) is 5.72. The smallest absolute Gasteiger partial charge is 0.186 e. The van der Waals surface area contributed by atoms with Crippen molar-refractivity contribution in [1.82, 2.24) is 10.7 Å². The molecule has 0 spiro atoms. The van der Waals surface area contributed by atoms with Crippen LogP contribution in [0.25, 0.3) is 0 Å². The van der Waals surface area contributed by atoms with Gasteiger partial charge >= 0.3 is 0 Å². The highest BCUT2D eigenvalue weighted by molar-refractivity contribution is 7.80. The van der Waals surface area contributed by atoms with Gasteiger partial charge in [-0.2, -0.15) is 5.10 Å². The highest BCUT2D eigenvalue weighted by Gasteiger charge is 2.06. The van der Waals surface area contributed by atoms with Crippen LogP contribution in [0.2, 0.25) is 0 Å². The maximum absolute atomic E-state index is 5.89. The fraction of sp³-hybridized carbons (Fsp3) is 0.263. The van der Waals surface area contributed by atoms with Crippen molar-refractivity contribution >= 4 is 23.5 Å². The van der Waals surface area contributed by atoms with E-state index in [0.717, 1.165) is 17.7 Å². The van der Waals surface area contributed by atoms with Gasteiger partial charge in [0, 0.05) is 6.54 Å². The Morgan fingerprint density at radius 1 is 1.08 bits per heavy atom. The van der Waals surface area contributed by atoms with E-state index >= 15 is 0 Å². The van der Waals surface area contributed by atoms with Gasteiger partial charge in [-0.3, -0.25) is 5.43 Å². The molecule has 25 heavy (non-hydrogen) atoms. The number of hydrazone groups is 1. The van der Waals surface area contributed by atoms with Gasteiger partial charge in [-0.1, -0.05) is 30.3 Å². The summed E-state index contributed by atoms with van der Waals surface area (Å²) in [5.74, 6) is 1.40. The normalized spacial score (nSPS) is 10.5. The Balaban J connectivity index is 2.03. The second-order valence-electron chi connectivity index (χ2n) is 5.14. The number of nitrogens with one attached hydrogen (secondary N) is 2. The van der Waals surface area contributed by atoms with Crippen molar-refractivity contribution in [2.24, 2.45) is 5.10 Å². The average molecular weight is 357 g/mol. The molecule has 0 saturated heterocycles. The fourth-order valence-electron chi connectivity index (χ4n) is 2.09. The van der Waals surface area contributed by atoms with Gasteiger partial charge in [0.15, 0.2) is 16.6 Å². The summed E-state index contributed by atoms with van der Waals surface area (Å²) in [4.78, 5) is 0. The molecule has 0 aliphatic carbocycles. The zero-order chi connectivity index (χ0) is 17.9. The largest absolute Gasteiger partial charge is 0.490 e. The molecule has 6 heteroatoms. The van der Waals surface area contributed by atoms with Gasteiger partial charge in [-0.15, -0.1) is 0 Å². The van der Waals surface area contributed by atoms with Crippen molar-refractivity contribution < 1.29 is 9.47 Å². The number of nitrogens with zero attached hydrogens (tertiary/aromatic N) is 1. The van der Waals surface area contributed by atoms with Crippen molar-refractivity contribution in [3.05, 3.63) is 59.7 Å². The zero-order valence-electron chi connectivity index (χ0n) is 14.5. The summed E-state index contributed by atoms with van der Waals surface area (Å²) in [5.41, 5.74) is 4.76. The number of benzene rings is 2. The molecule has 0 aromatic heterocycles. The zero-order valence-corrected chi connectivity index (χ0v) is 15.3. The average Bonchev–Trinajstić information content (AvgIpc) is 2.62. The molecule has 2 aromatic carbocycles. The monoisotopic (exact) mass is 357 g/mol. The molecule has 0 fully saturated rings. The van der Waals surface area contributed by atoms with E-state index < -0.39 is 0 Å². The van der Waals surface area contributed by atoms with Crippen LogP contribution in [-0.2, 0) is 6.61 Å². The number of ether oxygens (including phenoxy) is 2. The van der Waals surface area contributed by atoms with Crippen LogP contribution in [0.5, 0.6) is 11.5 Å². The molecule has 2 aromatic rings. The lowest BCUT2D eigenvalue weighted by molar-refractivity contribution is 0.269. The molecule has 0 atom stereocenters. The van der Waals surface area contributed by atoms with Crippen LogP contribution >= 0.6 is 12.2 Å². The second kappa shape index (κ2) is 10.3. The van der Waals surface area contributed by atoms with E-state index in [1.807, 2.05) is 62.4 Å². The van der Waals surface area contributed by atoms with Crippen molar-refractivity contribution in [1.29, 1.82) is 0 Å². The van der Waals surface area contributed by atoms with E-state index in [1.165, 1.54) is 0 Å². The van der Waals surface area contributed by atoms with Gasteiger partial charge < -0.3 is 14.8 Å². The van der Waals surface area contributed by atoms with Gasteiger partial charge in [0.25, 0.3) is 0 Å². The van der Waals surface area contributed by atoms with Crippen LogP contribution in [0.4, 0.5) is 0 Å². The Morgan fingerprint density at radius 2 is 1.88 bits per heavy atom. The van der Waals surface area contributed by atoms with Crippen LogP contribution in [0.1, 0.15) is 25.0 Å². The quantitative estimate of drug-likeness (QED) is 0.430. The first-order chi connectivity index (χ1) is 12.2. The minimum Gasteiger partial charge on any atom is -0.490 e. The van der Waals surface area contributed by atoms with Gasteiger partial charge in [-0.25, -0.2) is 0 Å². The Bertz CT molecular complexity index is 705. The highest BCUT2D eigenvalue weighted by atomic mass is 32.1. The summed E-state index contributed by atoms with van der Waals surface area (Å²) in [6.07, 6.45) is 1.69. The second-order valence-corrected chi connectivity index (χ2v) is 5.55. The van der Waals surface area contributed by atoms with E-state index in [0.29, 0.717) is 29.8 Å². The molecular formula is C19H23N3O2S. The van der Waals surface area contributed by atoms with E-state index in [-0.39, 0.29) is 0 Å². The lowest BCUT2D eigenvalue weighted by atomic mass is 10.2. The Hall–Kier alpha value is -2.60. The Morgan fingerprint density at radius 3 is 2.60 bits per heavy atom. The number of hydrogen-bond acceptors (Lipinski definition) is 4. The first-order valence-electron chi connectivity index (χ1n) is 8.23. The van der Waals surface area contributed by atoms with E-state index in [4.69, 9.17) is 21.7 Å². The summed E-state index contributed by atoms with van der Waals surface area (Å²) in [5, 5.41) is 7.57. The van der Waals surface area contributed by atoms with Crippen molar-refractivity contribution in [2.45, 2.75) is 20.5 Å². The molecule has 0 saturated carbocycles. The minimum atomic E-state index is 0.492. The standard InChI is InChI=1S/C19H23N3O2S/c1-3-20-19(25)22-21-13-16-10-11-17(18(12-16)23-4-2)24-14-15-8-6-5-7-9-15/h5-13H,3-4,14H2,1-2H3,(H2,20,22,25)/b21-13-. The maximum atomic E-state index is 5.89. The van der Waals surface area contributed by atoms with Gasteiger partial charge in [0.1, 0.15) is 6.61 Å². The third-order valence-corrected chi connectivity index (χ3v) is 3.46. The predicted molar refractivity (Wildman–Crippen MR) is 105 cm³/mol. The summed E-state index contributed by atoms with van der Waals surface area (Å²) < 4.78 is 11.6. The third kappa shape index (κ3) is 6.43. The van der Waals surface area contributed by atoms with Crippen molar-refractivity contribution in [3.8, 4) is 11.5 Å². The van der Waals surface area contributed by atoms with Gasteiger partial charge in [0.2, 0.25) is 0 Å². The molecule has 132 valence electrons. The SMILES string of the molecule is CCNC(=S)N/N=C\c1ccc(OCc2ccccc2)c(OCC)c1. The first-order valence-corrected chi connectivity index (χ1v) is 8.64. The van der Waals surface area contributed by atoms with Crippen LogP contribution in [0.15, 0.2) is 53.6 Å². The molecule has 0 amide bonds. The van der Waals surface area contributed by atoms with Gasteiger partial charge in [-0.05, 0) is 55.4 Å². The topological polar surface area (TPSA) is 54.9 Å². The highest BCUT2D eigenvalue weighted by Crippen LogP contribution is 2.28. The van der Waals surface area contributed by atoms with E-state index in [9.17, 15) is 0 Å². The molecule has 0 unspecified atom stereocenters. The molecule has 0 heterocycles. The summed E-state index contributed by atoms with van der Waals surface area (Å²) in [7, 11) is 0. The number of thiocarbonyl (C=S) groups is 1. The van der Waals surface area contributed by atoms with Crippen molar-refractivity contribution in [3.63, 3.8) is 0 Å². The van der Waals surface area contributed by atoms with Crippen LogP contribution in [0.3, 0.4) is 0 Å². The maximum Gasteiger partial charge on any atom is 0.186 e. The summed E-state index contributed by atoms with van der Waals surface area (Å²) in [6, 6.07) is 15.7. The van der Waals surface area contributed by atoms with E-state index in [1.54, 1.807) is 6.21 Å². The predicted octanol–water partition coefficient (Wildman–Crippen LogP) is 3.48. The number of rotatable bonds is 8. The molecule has 2 rings (SSSR count).